The van der Waals surface area contributed by atoms with Crippen molar-refractivity contribution < 1.29 is 28.3 Å². The highest BCUT2D eigenvalue weighted by Crippen LogP contribution is 2.52. The minimum Gasteiger partial charge on any atom is -0.386 e. The van der Waals surface area contributed by atoms with Crippen LogP contribution in [0.4, 0.5) is 5.95 Å². The lowest BCUT2D eigenvalue weighted by atomic mass is 10.1. The molecule has 5 atom stereocenters. The lowest BCUT2D eigenvalue weighted by Gasteiger charge is -2.27. The highest BCUT2D eigenvalue weighted by Gasteiger charge is 2.52. The number of hydrogen-bond acceptors (Lipinski definition) is 9. The highest BCUT2D eigenvalue weighted by atomic mass is 31.2. The molecule has 0 aliphatic carbocycles. The van der Waals surface area contributed by atoms with E-state index in [1.54, 1.807) is 0 Å². The number of rotatable bonds is 1. The van der Waals surface area contributed by atoms with Crippen molar-refractivity contribution in [2.24, 2.45) is 0 Å². The van der Waals surface area contributed by atoms with Crippen molar-refractivity contribution in [2.75, 3.05) is 12.3 Å². The summed E-state index contributed by atoms with van der Waals surface area (Å²) in [5.74, 6) is -0.117. The van der Waals surface area contributed by atoms with Gasteiger partial charge in [-0.05, 0) is 0 Å². The Morgan fingerprint density at radius 3 is 3.09 bits per heavy atom. The number of nitrogens with zero attached hydrogens (tertiary/aromatic N) is 3. The van der Waals surface area contributed by atoms with E-state index >= 15 is 0 Å². The first-order valence-corrected chi connectivity index (χ1v) is 8.07. The topological polar surface area (TPSA) is 175 Å². The van der Waals surface area contributed by atoms with Gasteiger partial charge in [0.15, 0.2) is 17.4 Å². The number of H-pyrrole nitrogens is 1. The van der Waals surface area contributed by atoms with Gasteiger partial charge in [0, 0.05) is 0 Å². The van der Waals surface area contributed by atoms with Gasteiger partial charge in [0.05, 0.1) is 12.9 Å². The van der Waals surface area contributed by atoms with Crippen LogP contribution in [0.3, 0.4) is 0 Å². The maximum absolute atomic E-state index is 11.8. The van der Waals surface area contributed by atoms with Crippen molar-refractivity contribution in [3.63, 3.8) is 0 Å². The first-order chi connectivity index (χ1) is 10.9. The summed E-state index contributed by atoms with van der Waals surface area (Å²) in [7, 11) is -4.22. The maximum atomic E-state index is 11.8. The maximum Gasteiger partial charge on any atom is 0.472 e. The molecule has 0 aromatic carbocycles. The van der Waals surface area contributed by atoms with Crippen molar-refractivity contribution in [2.45, 2.75) is 24.5 Å². The van der Waals surface area contributed by atoms with Crippen LogP contribution in [-0.4, -0.2) is 54.4 Å². The van der Waals surface area contributed by atoms with Crippen molar-refractivity contribution in [3.8, 4) is 0 Å². The monoisotopic (exact) mass is 345 g/mol. The minimum absolute atomic E-state index is 0.0230. The summed E-state index contributed by atoms with van der Waals surface area (Å²) in [5, 5.41) is 10.4. The standard InChI is InChI=1S/C10H12N5O7P/c11-10-13-7-4(8(17)14-10)12-2-15(7)9-5(16)6-3(21-9)1-20-23(18,19)22-6/h2-3,5-6,9,16H,1H2,(H,18,19)(H3,11,13,14,17)/t3-,5-,6+,9-/m0/s1. The molecule has 2 aromatic heterocycles. The van der Waals surface area contributed by atoms with Crippen molar-refractivity contribution >= 4 is 24.9 Å². The Kier molecular flexibility index (Phi) is 3.10. The second-order valence-electron chi connectivity index (χ2n) is 5.17. The largest absolute Gasteiger partial charge is 0.472 e. The Labute approximate surface area is 127 Å². The molecule has 2 aliphatic rings. The van der Waals surface area contributed by atoms with Crippen LogP contribution in [-0.2, 0) is 18.3 Å². The summed E-state index contributed by atoms with van der Waals surface area (Å²) in [5.41, 5.74) is 5.12. The SMILES string of the molecule is Nc1nc2c(ncn2[C@H]2O[C@H]3COP(=O)(O)O[C@H]3[C@@H]2O)c(=O)[nH]1. The van der Waals surface area contributed by atoms with E-state index in [0.717, 1.165) is 0 Å². The Morgan fingerprint density at radius 2 is 2.30 bits per heavy atom. The molecule has 0 bridgehead atoms. The Morgan fingerprint density at radius 1 is 1.52 bits per heavy atom. The van der Waals surface area contributed by atoms with Crippen molar-refractivity contribution in [1.29, 1.82) is 0 Å². The number of ether oxygens (including phenoxy) is 1. The fourth-order valence-electron chi connectivity index (χ4n) is 2.69. The minimum atomic E-state index is -4.22. The van der Waals surface area contributed by atoms with E-state index in [9.17, 15) is 19.4 Å². The van der Waals surface area contributed by atoms with E-state index in [0.29, 0.717) is 0 Å². The molecular weight excluding hydrogens is 333 g/mol. The lowest BCUT2D eigenvalue weighted by Crippen LogP contribution is -2.39. The summed E-state index contributed by atoms with van der Waals surface area (Å²) in [4.78, 5) is 31.3. The number of hydrogen-bond donors (Lipinski definition) is 4. The number of aliphatic hydroxyl groups excluding tert-OH is 1. The van der Waals surface area contributed by atoms with E-state index in [4.69, 9.17) is 15.0 Å². The highest BCUT2D eigenvalue weighted by molar-refractivity contribution is 7.47. The first-order valence-electron chi connectivity index (χ1n) is 6.57. The van der Waals surface area contributed by atoms with Crippen LogP contribution in [0, 0.1) is 0 Å². The average molecular weight is 345 g/mol. The smallest absolute Gasteiger partial charge is 0.386 e. The van der Waals surface area contributed by atoms with Crippen molar-refractivity contribution in [3.05, 3.63) is 16.7 Å². The third-order valence-corrected chi connectivity index (χ3v) is 4.68. The van der Waals surface area contributed by atoms with E-state index in [-0.39, 0.29) is 23.7 Å². The molecule has 5 N–H and O–H groups in total. The van der Waals surface area contributed by atoms with Crippen LogP contribution < -0.4 is 11.3 Å². The van der Waals surface area contributed by atoms with Gasteiger partial charge < -0.3 is 20.5 Å². The molecular formula is C10H12N5O7P. The number of phosphoric ester groups is 1. The van der Waals surface area contributed by atoms with Crippen LogP contribution >= 0.6 is 7.82 Å². The number of nitrogen functional groups attached to an aromatic ring is 1. The van der Waals surface area contributed by atoms with Gasteiger partial charge in [0.25, 0.3) is 5.56 Å². The van der Waals surface area contributed by atoms with Gasteiger partial charge in [-0.1, -0.05) is 0 Å². The van der Waals surface area contributed by atoms with Crippen LogP contribution in [0.2, 0.25) is 0 Å². The average Bonchev–Trinajstić information content (AvgIpc) is 3.00. The zero-order chi connectivity index (χ0) is 16.4. The van der Waals surface area contributed by atoms with E-state index in [2.05, 4.69) is 19.5 Å². The van der Waals surface area contributed by atoms with Crippen LogP contribution in [0.25, 0.3) is 11.2 Å². The summed E-state index contributed by atoms with van der Waals surface area (Å²) in [6.07, 6.45) is -2.85. The Bertz CT molecular complexity index is 880. The van der Waals surface area contributed by atoms with Gasteiger partial charge in [0.2, 0.25) is 5.95 Å². The normalized spacial score (nSPS) is 37.1. The second-order valence-corrected chi connectivity index (χ2v) is 6.57. The van der Waals surface area contributed by atoms with Crippen molar-refractivity contribution in [1.82, 2.24) is 19.5 Å². The fraction of sp³-hybridized carbons (Fsp3) is 0.500. The number of imidazole rings is 1. The van der Waals surface area contributed by atoms with Gasteiger partial charge in [-0.3, -0.25) is 23.4 Å². The zero-order valence-electron chi connectivity index (χ0n) is 11.4. The summed E-state index contributed by atoms with van der Waals surface area (Å²) in [6, 6.07) is 0. The number of aliphatic hydroxyl groups is 1. The number of anilines is 1. The molecule has 124 valence electrons. The predicted octanol–water partition coefficient (Wildman–Crippen LogP) is -1.52. The molecule has 2 aliphatic heterocycles. The van der Waals surface area contributed by atoms with Gasteiger partial charge in [-0.25, -0.2) is 9.55 Å². The molecule has 2 aromatic rings. The number of phosphoric acid groups is 1. The molecule has 2 fully saturated rings. The molecule has 2 saturated heterocycles. The molecule has 1 unspecified atom stereocenters. The molecule has 23 heavy (non-hydrogen) atoms. The molecule has 13 heteroatoms. The Balaban J connectivity index is 1.75. The molecule has 0 spiro atoms. The molecule has 4 rings (SSSR count). The molecule has 0 radical (unpaired) electrons. The number of fused-ring (bicyclic) bond motifs is 2. The number of aromatic amines is 1. The quantitative estimate of drug-likeness (QED) is 0.444. The van der Waals surface area contributed by atoms with E-state index < -0.39 is 37.9 Å². The molecule has 12 nitrogen and oxygen atoms in total. The van der Waals surface area contributed by atoms with Crippen LogP contribution in [0.15, 0.2) is 11.1 Å². The molecule has 0 amide bonds. The fourth-order valence-corrected chi connectivity index (χ4v) is 3.66. The second kappa shape index (κ2) is 4.84. The predicted molar refractivity (Wildman–Crippen MR) is 73.1 cm³/mol. The van der Waals surface area contributed by atoms with Gasteiger partial charge in [-0.15, -0.1) is 0 Å². The first kappa shape index (κ1) is 14.8. The van der Waals surface area contributed by atoms with E-state index in [1.165, 1.54) is 10.9 Å². The number of aromatic nitrogens is 4. The molecule has 4 heterocycles. The number of nitrogens with two attached hydrogens (primary N) is 1. The third-order valence-electron chi connectivity index (χ3n) is 3.69. The van der Waals surface area contributed by atoms with Gasteiger partial charge >= 0.3 is 7.82 Å². The summed E-state index contributed by atoms with van der Waals surface area (Å²) < 4.78 is 27.9. The molecule has 0 saturated carbocycles. The van der Waals surface area contributed by atoms with Crippen LogP contribution in [0.1, 0.15) is 6.23 Å². The summed E-state index contributed by atoms with van der Waals surface area (Å²) in [6.45, 7) is -0.214. The lowest BCUT2D eigenvalue weighted by molar-refractivity contribution is -0.0664. The van der Waals surface area contributed by atoms with Gasteiger partial charge in [-0.2, -0.15) is 4.98 Å². The Hall–Kier alpha value is -1.82. The van der Waals surface area contributed by atoms with Gasteiger partial charge in [0.1, 0.15) is 18.3 Å². The number of nitrogens with one attached hydrogen (secondary N) is 1. The van der Waals surface area contributed by atoms with Crippen LogP contribution in [0.5, 0.6) is 0 Å². The third kappa shape index (κ3) is 2.27. The summed E-state index contributed by atoms with van der Waals surface area (Å²) >= 11 is 0. The zero-order valence-corrected chi connectivity index (χ0v) is 12.3. The van der Waals surface area contributed by atoms with E-state index in [1.807, 2.05) is 0 Å².